The summed E-state index contributed by atoms with van der Waals surface area (Å²) in [4.78, 5) is 4.28. The van der Waals surface area contributed by atoms with Crippen molar-refractivity contribution in [3.8, 4) is 23.0 Å². The Morgan fingerprint density at radius 1 is 1.07 bits per heavy atom. The molecule has 0 saturated heterocycles. The average molecular weight is 399 g/mol. The first-order valence-electron chi connectivity index (χ1n) is 9.82. The van der Waals surface area contributed by atoms with Gasteiger partial charge in [0.15, 0.2) is 29.0 Å². The Kier molecular flexibility index (Phi) is 7.44. The van der Waals surface area contributed by atoms with E-state index in [1.165, 1.54) is 0 Å². The maximum Gasteiger partial charge on any atom is 0.191 e. The number of nitrogens with one attached hydrogen (secondary N) is 2. The fraction of sp³-hybridized carbons (Fsp3) is 0.409. The molecular formula is C22H29N3O4. The van der Waals surface area contributed by atoms with Crippen LogP contribution < -0.4 is 29.6 Å². The molecule has 29 heavy (non-hydrogen) atoms. The number of benzene rings is 2. The highest BCUT2D eigenvalue weighted by Gasteiger charge is 2.12. The van der Waals surface area contributed by atoms with Crippen LogP contribution >= 0.6 is 0 Å². The zero-order valence-corrected chi connectivity index (χ0v) is 17.2. The molecule has 0 radical (unpaired) electrons. The molecule has 2 N–H and O–H groups in total. The summed E-state index contributed by atoms with van der Waals surface area (Å²) in [5.41, 5.74) is 1.09. The average Bonchev–Trinajstić information content (AvgIpc) is 2.99. The Balaban J connectivity index is 1.49. The second kappa shape index (κ2) is 10.5. The van der Waals surface area contributed by atoms with E-state index in [-0.39, 0.29) is 6.10 Å². The van der Waals surface area contributed by atoms with E-state index in [1.807, 2.05) is 49.4 Å². The van der Waals surface area contributed by atoms with E-state index in [4.69, 9.17) is 18.9 Å². The van der Waals surface area contributed by atoms with Gasteiger partial charge in [-0.1, -0.05) is 18.2 Å². The predicted molar refractivity (Wildman–Crippen MR) is 113 cm³/mol. The van der Waals surface area contributed by atoms with Gasteiger partial charge < -0.3 is 29.6 Å². The standard InChI is InChI=1S/C22H29N3O4/c1-16(29-20-8-5-4-7-18(20)26-3)14-24-22(23-2)25-15-17-9-10-19-21(13-17)28-12-6-11-27-19/h4-5,7-10,13,16H,6,11-12,14-15H2,1-3H3,(H2,23,24,25). The Hall–Kier alpha value is -3.09. The van der Waals surface area contributed by atoms with Crippen LogP contribution in [-0.2, 0) is 6.54 Å². The lowest BCUT2D eigenvalue weighted by Crippen LogP contribution is -2.41. The second-order valence-electron chi connectivity index (χ2n) is 6.72. The van der Waals surface area contributed by atoms with Crippen molar-refractivity contribution in [1.82, 2.24) is 10.6 Å². The third kappa shape index (κ3) is 5.94. The molecule has 1 heterocycles. The van der Waals surface area contributed by atoms with Crippen LogP contribution in [0, 0.1) is 0 Å². The van der Waals surface area contributed by atoms with Crippen molar-refractivity contribution in [2.24, 2.45) is 4.99 Å². The molecule has 7 nitrogen and oxygen atoms in total. The highest BCUT2D eigenvalue weighted by Crippen LogP contribution is 2.30. The second-order valence-corrected chi connectivity index (χ2v) is 6.72. The van der Waals surface area contributed by atoms with E-state index < -0.39 is 0 Å². The first kappa shape index (κ1) is 20.6. The molecule has 1 aliphatic rings. The number of hydrogen-bond donors (Lipinski definition) is 2. The van der Waals surface area contributed by atoms with E-state index in [2.05, 4.69) is 15.6 Å². The van der Waals surface area contributed by atoms with E-state index in [9.17, 15) is 0 Å². The van der Waals surface area contributed by atoms with Crippen molar-refractivity contribution in [3.63, 3.8) is 0 Å². The van der Waals surface area contributed by atoms with Gasteiger partial charge >= 0.3 is 0 Å². The first-order valence-corrected chi connectivity index (χ1v) is 9.82. The zero-order valence-electron chi connectivity index (χ0n) is 17.2. The minimum atomic E-state index is -0.0668. The number of aliphatic imine (C=N–C) groups is 1. The zero-order chi connectivity index (χ0) is 20.5. The van der Waals surface area contributed by atoms with Crippen molar-refractivity contribution in [2.75, 3.05) is 33.9 Å². The van der Waals surface area contributed by atoms with Crippen LogP contribution in [0.3, 0.4) is 0 Å². The minimum absolute atomic E-state index is 0.0668. The number of methoxy groups -OCH3 is 1. The van der Waals surface area contributed by atoms with Gasteiger partial charge in [0, 0.05) is 20.0 Å². The van der Waals surface area contributed by atoms with Gasteiger partial charge in [0.1, 0.15) is 6.10 Å². The van der Waals surface area contributed by atoms with E-state index in [0.29, 0.717) is 32.3 Å². The summed E-state index contributed by atoms with van der Waals surface area (Å²) >= 11 is 0. The quantitative estimate of drug-likeness (QED) is 0.551. The van der Waals surface area contributed by atoms with E-state index in [1.54, 1.807) is 14.2 Å². The lowest BCUT2D eigenvalue weighted by atomic mass is 10.2. The fourth-order valence-electron chi connectivity index (χ4n) is 2.94. The molecule has 0 bridgehead atoms. The smallest absolute Gasteiger partial charge is 0.191 e. The number of guanidine groups is 1. The Morgan fingerprint density at radius 2 is 1.83 bits per heavy atom. The molecule has 2 aromatic rings. The Labute approximate surface area is 172 Å². The maximum absolute atomic E-state index is 5.97. The first-order chi connectivity index (χ1) is 14.2. The molecule has 1 atom stereocenters. The molecule has 1 aliphatic heterocycles. The summed E-state index contributed by atoms with van der Waals surface area (Å²) in [7, 11) is 3.38. The van der Waals surface area contributed by atoms with Crippen molar-refractivity contribution in [1.29, 1.82) is 0 Å². The number of rotatable bonds is 7. The largest absolute Gasteiger partial charge is 0.493 e. The number of nitrogens with zero attached hydrogens (tertiary/aromatic N) is 1. The van der Waals surface area contributed by atoms with E-state index >= 15 is 0 Å². The summed E-state index contributed by atoms with van der Waals surface area (Å²) in [5, 5.41) is 6.60. The normalized spacial score (nSPS) is 14.5. The monoisotopic (exact) mass is 399 g/mol. The minimum Gasteiger partial charge on any atom is -0.493 e. The summed E-state index contributed by atoms with van der Waals surface area (Å²) < 4.78 is 22.7. The highest BCUT2D eigenvalue weighted by atomic mass is 16.5. The SMILES string of the molecule is CN=C(NCc1ccc2c(c1)OCCCO2)NCC(C)Oc1ccccc1OC. The number of hydrogen-bond acceptors (Lipinski definition) is 5. The third-order valence-electron chi connectivity index (χ3n) is 4.45. The van der Waals surface area contributed by atoms with Crippen LogP contribution in [0.15, 0.2) is 47.5 Å². The summed E-state index contributed by atoms with van der Waals surface area (Å²) in [6.07, 6.45) is 0.830. The van der Waals surface area contributed by atoms with Crippen LogP contribution in [0.25, 0.3) is 0 Å². The van der Waals surface area contributed by atoms with Crippen LogP contribution in [0.4, 0.5) is 0 Å². The van der Waals surface area contributed by atoms with Gasteiger partial charge in [0.2, 0.25) is 0 Å². The Bertz CT molecular complexity index is 825. The van der Waals surface area contributed by atoms with Gasteiger partial charge in [0.25, 0.3) is 0 Å². The molecule has 2 aromatic carbocycles. The van der Waals surface area contributed by atoms with Crippen molar-refractivity contribution in [2.45, 2.75) is 26.0 Å². The van der Waals surface area contributed by atoms with Crippen LogP contribution in [0.1, 0.15) is 18.9 Å². The molecule has 156 valence electrons. The molecule has 3 rings (SSSR count). The van der Waals surface area contributed by atoms with Crippen LogP contribution in [0.5, 0.6) is 23.0 Å². The summed E-state index contributed by atoms with van der Waals surface area (Å²) in [6, 6.07) is 13.6. The molecule has 0 amide bonds. The highest BCUT2D eigenvalue weighted by molar-refractivity contribution is 5.79. The van der Waals surface area contributed by atoms with Crippen molar-refractivity contribution >= 4 is 5.96 Å². The van der Waals surface area contributed by atoms with Gasteiger partial charge in [0.05, 0.1) is 26.9 Å². The molecule has 0 fully saturated rings. The van der Waals surface area contributed by atoms with Crippen molar-refractivity contribution < 1.29 is 18.9 Å². The predicted octanol–water partition coefficient (Wildman–Crippen LogP) is 2.99. The molecule has 0 saturated carbocycles. The molecule has 1 unspecified atom stereocenters. The Morgan fingerprint density at radius 3 is 2.59 bits per heavy atom. The van der Waals surface area contributed by atoms with Crippen molar-refractivity contribution in [3.05, 3.63) is 48.0 Å². The number of para-hydroxylation sites is 2. The molecule has 7 heteroatoms. The fourth-order valence-corrected chi connectivity index (χ4v) is 2.94. The van der Waals surface area contributed by atoms with Gasteiger partial charge in [-0.05, 0) is 36.8 Å². The molecule has 0 spiro atoms. The summed E-state index contributed by atoms with van der Waals surface area (Å²) in [5.74, 6) is 3.74. The van der Waals surface area contributed by atoms with Gasteiger partial charge in [-0.3, -0.25) is 4.99 Å². The van der Waals surface area contributed by atoms with Gasteiger partial charge in [-0.2, -0.15) is 0 Å². The lowest BCUT2D eigenvalue weighted by molar-refractivity contribution is 0.213. The lowest BCUT2D eigenvalue weighted by Gasteiger charge is -2.19. The van der Waals surface area contributed by atoms with Crippen LogP contribution in [-0.4, -0.2) is 46.0 Å². The van der Waals surface area contributed by atoms with Crippen LogP contribution in [0.2, 0.25) is 0 Å². The molecule has 0 aliphatic carbocycles. The van der Waals surface area contributed by atoms with Gasteiger partial charge in [-0.25, -0.2) is 0 Å². The van der Waals surface area contributed by atoms with E-state index in [0.717, 1.165) is 35.0 Å². The summed E-state index contributed by atoms with van der Waals surface area (Å²) in [6.45, 7) is 4.58. The molecular weight excluding hydrogens is 370 g/mol. The third-order valence-corrected chi connectivity index (χ3v) is 4.45. The number of ether oxygens (including phenoxy) is 4. The number of fused-ring (bicyclic) bond motifs is 1. The molecule has 0 aromatic heterocycles. The maximum atomic E-state index is 5.97. The van der Waals surface area contributed by atoms with Gasteiger partial charge in [-0.15, -0.1) is 0 Å². The topological polar surface area (TPSA) is 73.3 Å².